The van der Waals surface area contributed by atoms with E-state index in [-0.39, 0.29) is 29.0 Å². The van der Waals surface area contributed by atoms with Crippen molar-refractivity contribution in [2.45, 2.75) is 37.5 Å². The zero-order valence-corrected chi connectivity index (χ0v) is 13.8. The van der Waals surface area contributed by atoms with Gasteiger partial charge in [0.15, 0.2) is 0 Å². The number of carbonyl (C=O) groups is 2. The SMILES string of the molecule is O=C(O)c1cnc(C2CCCN(C(=O)[C@@H]3[C@@H]4CCC(F)(F)[C@@H]43)C2)s1. The van der Waals surface area contributed by atoms with Crippen LogP contribution in [0.4, 0.5) is 8.78 Å². The van der Waals surface area contributed by atoms with E-state index in [1.807, 2.05) is 0 Å². The highest BCUT2D eigenvalue weighted by Crippen LogP contribution is 2.65. The maximum absolute atomic E-state index is 13.7. The lowest BCUT2D eigenvalue weighted by Crippen LogP contribution is -2.41. The zero-order valence-electron chi connectivity index (χ0n) is 13.0. The van der Waals surface area contributed by atoms with Crippen LogP contribution in [0.3, 0.4) is 0 Å². The van der Waals surface area contributed by atoms with Gasteiger partial charge < -0.3 is 10.0 Å². The highest BCUT2D eigenvalue weighted by molar-refractivity contribution is 7.13. The number of piperidine rings is 1. The van der Waals surface area contributed by atoms with Gasteiger partial charge in [0, 0.05) is 31.3 Å². The Kier molecular flexibility index (Phi) is 3.63. The van der Waals surface area contributed by atoms with Crippen molar-refractivity contribution in [3.63, 3.8) is 0 Å². The molecule has 4 rings (SSSR count). The summed E-state index contributed by atoms with van der Waals surface area (Å²) in [6, 6.07) is 0. The first-order valence-electron chi connectivity index (χ1n) is 8.24. The fourth-order valence-electron chi connectivity index (χ4n) is 4.34. The number of carbonyl (C=O) groups excluding carboxylic acids is 1. The number of likely N-dealkylation sites (tertiary alicyclic amines) is 1. The molecule has 1 amide bonds. The van der Waals surface area contributed by atoms with E-state index >= 15 is 0 Å². The minimum atomic E-state index is -2.69. The number of aromatic carboxylic acids is 1. The first kappa shape index (κ1) is 15.9. The number of aromatic nitrogens is 1. The van der Waals surface area contributed by atoms with Crippen LogP contribution in [0, 0.1) is 17.8 Å². The summed E-state index contributed by atoms with van der Waals surface area (Å²) in [7, 11) is 0. The molecule has 130 valence electrons. The summed E-state index contributed by atoms with van der Waals surface area (Å²) >= 11 is 1.13. The van der Waals surface area contributed by atoms with Gasteiger partial charge in [-0.2, -0.15) is 0 Å². The summed E-state index contributed by atoms with van der Waals surface area (Å²) in [5.41, 5.74) is 0. The summed E-state index contributed by atoms with van der Waals surface area (Å²) in [5, 5.41) is 9.71. The summed E-state index contributed by atoms with van der Waals surface area (Å²) in [6.45, 7) is 1.04. The maximum atomic E-state index is 13.7. The lowest BCUT2D eigenvalue weighted by Gasteiger charge is -2.32. The first-order chi connectivity index (χ1) is 11.4. The molecular formula is C16H18F2N2O3S. The monoisotopic (exact) mass is 356 g/mol. The molecule has 3 aliphatic rings. The second-order valence-corrected chi connectivity index (χ2v) is 8.07. The molecule has 1 aromatic heterocycles. The number of carboxylic acids is 1. The Balaban J connectivity index is 1.43. The van der Waals surface area contributed by atoms with E-state index in [0.717, 1.165) is 24.2 Å². The largest absolute Gasteiger partial charge is 0.477 e. The van der Waals surface area contributed by atoms with Crippen LogP contribution in [-0.4, -0.2) is 45.9 Å². The van der Waals surface area contributed by atoms with Crippen molar-refractivity contribution in [3.05, 3.63) is 16.1 Å². The van der Waals surface area contributed by atoms with E-state index in [1.165, 1.54) is 6.20 Å². The number of nitrogens with zero attached hydrogens (tertiary/aromatic N) is 2. The molecule has 1 N–H and O–H groups in total. The number of hydrogen-bond acceptors (Lipinski definition) is 4. The molecule has 5 nitrogen and oxygen atoms in total. The first-order valence-corrected chi connectivity index (χ1v) is 9.06. The Morgan fingerprint density at radius 2 is 2.17 bits per heavy atom. The molecule has 1 aliphatic heterocycles. The minimum absolute atomic E-state index is 0.0000919. The van der Waals surface area contributed by atoms with Gasteiger partial charge in [-0.25, -0.2) is 18.6 Å². The number of hydrogen-bond donors (Lipinski definition) is 1. The Labute approximate surface area is 141 Å². The van der Waals surface area contributed by atoms with Crippen molar-refractivity contribution < 1.29 is 23.5 Å². The van der Waals surface area contributed by atoms with Crippen LogP contribution in [0.25, 0.3) is 0 Å². The van der Waals surface area contributed by atoms with E-state index in [9.17, 15) is 18.4 Å². The zero-order chi connectivity index (χ0) is 17.1. The standard InChI is InChI=1S/C16H18F2N2O3S/c17-16(18)4-3-9-11(12(9)16)14(21)20-5-1-2-8(7-20)13-19-6-10(24-13)15(22)23/h6,8-9,11-12H,1-5,7H2,(H,22,23)/t8?,9-,11+,12-/m0/s1. The molecule has 3 fully saturated rings. The summed E-state index contributed by atoms with van der Waals surface area (Å²) < 4.78 is 27.5. The number of rotatable bonds is 3. The van der Waals surface area contributed by atoms with Gasteiger partial charge in [0.25, 0.3) is 5.92 Å². The van der Waals surface area contributed by atoms with Crippen LogP contribution in [0.5, 0.6) is 0 Å². The minimum Gasteiger partial charge on any atom is -0.477 e. The van der Waals surface area contributed by atoms with E-state index in [0.29, 0.717) is 24.5 Å². The van der Waals surface area contributed by atoms with Crippen molar-refractivity contribution in [1.29, 1.82) is 0 Å². The summed E-state index contributed by atoms with van der Waals surface area (Å²) in [4.78, 5) is 29.7. The molecule has 24 heavy (non-hydrogen) atoms. The fourth-order valence-corrected chi connectivity index (χ4v) is 5.22. The lowest BCUT2D eigenvalue weighted by atomic mass is 9.97. The Hall–Kier alpha value is -1.57. The Morgan fingerprint density at radius 1 is 1.38 bits per heavy atom. The Bertz CT molecular complexity index is 693. The van der Waals surface area contributed by atoms with Crippen LogP contribution < -0.4 is 0 Å². The van der Waals surface area contributed by atoms with Gasteiger partial charge >= 0.3 is 5.97 Å². The number of fused-ring (bicyclic) bond motifs is 1. The smallest absolute Gasteiger partial charge is 0.347 e. The molecule has 0 aromatic carbocycles. The second kappa shape index (κ2) is 5.47. The van der Waals surface area contributed by atoms with Crippen molar-refractivity contribution in [2.75, 3.05) is 13.1 Å². The molecule has 0 spiro atoms. The van der Waals surface area contributed by atoms with Crippen molar-refractivity contribution >= 4 is 23.2 Å². The van der Waals surface area contributed by atoms with Crippen molar-refractivity contribution in [1.82, 2.24) is 9.88 Å². The molecule has 1 unspecified atom stereocenters. The highest BCUT2D eigenvalue weighted by Gasteiger charge is 2.70. The third kappa shape index (κ3) is 2.51. The molecule has 2 aliphatic carbocycles. The van der Waals surface area contributed by atoms with Gasteiger partial charge in [-0.05, 0) is 25.2 Å². The second-order valence-electron chi connectivity index (χ2n) is 7.01. The van der Waals surface area contributed by atoms with E-state index < -0.39 is 23.7 Å². The van der Waals surface area contributed by atoms with Crippen LogP contribution >= 0.6 is 11.3 Å². The lowest BCUT2D eigenvalue weighted by molar-refractivity contribution is -0.136. The number of alkyl halides is 2. The normalized spacial score (nSPS) is 34.0. The van der Waals surface area contributed by atoms with Crippen LogP contribution in [0.15, 0.2) is 6.20 Å². The van der Waals surface area contributed by atoms with Gasteiger partial charge in [0.1, 0.15) is 4.88 Å². The molecule has 0 bridgehead atoms. The van der Waals surface area contributed by atoms with Crippen LogP contribution in [0.1, 0.15) is 46.3 Å². The summed E-state index contributed by atoms with van der Waals surface area (Å²) in [6.07, 6.45) is 3.32. The Morgan fingerprint density at radius 3 is 2.79 bits per heavy atom. The van der Waals surface area contributed by atoms with Gasteiger partial charge in [-0.1, -0.05) is 0 Å². The average Bonchev–Trinajstić information content (AvgIpc) is 2.92. The number of carboxylic acid groups (broad SMARTS) is 1. The topological polar surface area (TPSA) is 70.5 Å². The molecule has 8 heteroatoms. The maximum Gasteiger partial charge on any atom is 0.347 e. The molecule has 4 atom stereocenters. The van der Waals surface area contributed by atoms with E-state index in [4.69, 9.17) is 5.11 Å². The summed E-state index contributed by atoms with van der Waals surface area (Å²) in [5.74, 6) is -5.26. The number of thiazole rings is 1. The van der Waals surface area contributed by atoms with Gasteiger partial charge in [0.05, 0.1) is 17.1 Å². The molecule has 2 saturated carbocycles. The number of halogens is 2. The third-order valence-corrected chi connectivity index (χ3v) is 6.72. The van der Waals surface area contributed by atoms with Gasteiger partial charge in [-0.15, -0.1) is 11.3 Å². The molecule has 2 heterocycles. The average molecular weight is 356 g/mol. The van der Waals surface area contributed by atoms with E-state index in [2.05, 4.69) is 4.98 Å². The van der Waals surface area contributed by atoms with Crippen LogP contribution in [0.2, 0.25) is 0 Å². The molecule has 1 aromatic rings. The predicted molar refractivity (Wildman–Crippen MR) is 82.3 cm³/mol. The number of amides is 1. The van der Waals surface area contributed by atoms with E-state index in [1.54, 1.807) is 4.90 Å². The molecular weight excluding hydrogens is 338 g/mol. The van der Waals surface area contributed by atoms with Gasteiger partial charge in [0.2, 0.25) is 5.91 Å². The molecule has 1 saturated heterocycles. The quantitative estimate of drug-likeness (QED) is 0.904. The fraction of sp³-hybridized carbons (Fsp3) is 0.688. The van der Waals surface area contributed by atoms with Crippen molar-refractivity contribution in [2.24, 2.45) is 17.8 Å². The van der Waals surface area contributed by atoms with Gasteiger partial charge in [-0.3, -0.25) is 4.79 Å². The van der Waals surface area contributed by atoms with Crippen molar-refractivity contribution in [3.8, 4) is 0 Å². The molecule has 0 radical (unpaired) electrons. The van der Waals surface area contributed by atoms with Crippen LogP contribution in [-0.2, 0) is 4.79 Å². The third-order valence-electron chi connectivity index (χ3n) is 5.57. The predicted octanol–water partition coefficient (Wildman–Crippen LogP) is 2.84. The highest BCUT2D eigenvalue weighted by atomic mass is 32.1.